The second-order valence-electron chi connectivity index (χ2n) is 7.11. The van der Waals surface area contributed by atoms with Crippen molar-refractivity contribution in [2.45, 2.75) is 65.0 Å². The van der Waals surface area contributed by atoms with Gasteiger partial charge in [-0.2, -0.15) is 0 Å². The Hall–Kier alpha value is -2.24. The van der Waals surface area contributed by atoms with Crippen LogP contribution in [0.4, 0.5) is 0 Å². The summed E-state index contributed by atoms with van der Waals surface area (Å²) in [5.41, 5.74) is 2.27. The summed E-state index contributed by atoms with van der Waals surface area (Å²) in [5, 5.41) is 9.61. The minimum atomic E-state index is 0.110. The van der Waals surface area contributed by atoms with Crippen LogP contribution < -0.4 is 20.7 Å². The summed E-state index contributed by atoms with van der Waals surface area (Å²) in [5.74, 6) is 1.71. The van der Waals surface area contributed by atoms with E-state index in [1.165, 1.54) is 18.4 Å². The summed E-state index contributed by atoms with van der Waals surface area (Å²) in [4.78, 5) is 16.2. The average molecular weight is 375 g/mol. The number of hydrogen-bond donors (Lipinski definition) is 3. The number of aliphatic imine (C=N–C) groups is 1. The van der Waals surface area contributed by atoms with Gasteiger partial charge in [0.1, 0.15) is 5.75 Å². The molecule has 27 heavy (non-hydrogen) atoms. The Balaban J connectivity index is 1.75. The first-order chi connectivity index (χ1) is 13.1. The molecule has 3 N–H and O–H groups in total. The molecule has 0 heterocycles. The molecular weight excluding hydrogens is 340 g/mol. The Kier molecular flexibility index (Phi) is 8.95. The molecule has 1 fully saturated rings. The maximum Gasteiger partial charge on any atom is 0.221 e. The van der Waals surface area contributed by atoms with Crippen LogP contribution in [0.1, 0.15) is 56.6 Å². The lowest BCUT2D eigenvalue weighted by Gasteiger charge is -2.16. The first-order valence-corrected chi connectivity index (χ1v) is 10.1. The molecule has 1 amide bonds. The number of aryl methyl sites for hydroxylation is 1. The van der Waals surface area contributed by atoms with Gasteiger partial charge < -0.3 is 20.7 Å². The third-order valence-electron chi connectivity index (χ3n) is 4.72. The number of nitrogens with one attached hydrogen (secondary N) is 3. The van der Waals surface area contributed by atoms with E-state index in [0.717, 1.165) is 30.6 Å². The molecule has 1 aliphatic carbocycles. The smallest absolute Gasteiger partial charge is 0.221 e. The number of rotatable bonds is 9. The largest absolute Gasteiger partial charge is 0.493 e. The number of guanidine groups is 1. The van der Waals surface area contributed by atoms with E-state index in [9.17, 15) is 4.79 Å². The van der Waals surface area contributed by atoms with E-state index in [2.05, 4.69) is 53.0 Å². The Labute approximate surface area is 163 Å². The first-order valence-electron chi connectivity index (χ1n) is 10.1. The lowest BCUT2D eigenvalue weighted by molar-refractivity contribution is -0.121. The standard InChI is InChI=1S/C21H34N4O2/c1-4-13-27-19-14-16(2)9-10-17(19)15-24-21(22-3)23-12-11-20(26)25-18-7-5-6-8-18/h9-10,14,18H,4-8,11-13,15H2,1-3H3,(H,25,26)(H2,22,23,24). The van der Waals surface area contributed by atoms with Gasteiger partial charge in [0.2, 0.25) is 5.91 Å². The van der Waals surface area contributed by atoms with Crippen LogP contribution in [0.5, 0.6) is 5.75 Å². The fourth-order valence-electron chi connectivity index (χ4n) is 3.22. The first kappa shape index (κ1) is 21.1. The zero-order chi connectivity index (χ0) is 19.5. The fraction of sp³-hybridized carbons (Fsp3) is 0.619. The second kappa shape index (κ2) is 11.5. The molecule has 1 aliphatic rings. The highest BCUT2D eigenvalue weighted by Gasteiger charge is 2.16. The van der Waals surface area contributed by atoms with Crippen molar-refractivity contribution >= 4 is 11.9 Å². The summed E-state index contributed by atoms with van der Waals surface area (Å²) in [6.45, 7) is 6.05. The molecule has 1 aromatic rings. The molecule has 1 saturated carbocycles. The molecule has 6 heteroatoms. The molecule has 0 aliphatic heterocycles. The molecule has 0 aromatic heterocycles. The predicted octanol–water partition coefficient (Wildman–Crippen LogP) is 2.90. The minimum absolute atomic E-state index is 0.110. The van der Waals surface area contributed by atoms with E-state index in [-0.39, 0.29) is 5.91 Å². The summed E-state index contributed by atoms with van der Waals surface area (Å²) in [6.07, 6.45) is 6.10. The van der Waals surface area contributed by atoms with E-state index in [4.69, 9.17) is 4.74 Å². The van der Waals surface area contributed by atoms with Gasteiger partial charge in [0.25, 0.3) is 0 Å². The van der Waals surface area contributed by atoms with Gasteiger partial charge in [0.15, 0.2) is 5.96 Å². The summed E-state index contributed by atoms with van der Waals surface area (Å²) < 4.78 is 5.86. The maximum absolute atomic E-state index is 12.0. The molecule has 150 valence electrons. The topological polar surface area (TPSA) is 74.8 Å². The van der Waals surface area contributed by atoms with Crippen LogP contribution in [0.25, 0.3) is 0 Å². The molecule has 0 unspecified atom stereocenters. The van der Waals surface area contributed by atoms with Crippen molar-refractivity contribution in [3.8, 4) is 5.75 Å². The second-order valence-corrected chi connectivity index (χ2v) is 7.11. The number of nitrogens with zero attached hydrogens (tertiary/aromatic N) is 1. The highest BCUT2D eigenvalue weighted by Crippen LogP contribution is 2.20. The lowest BCUT2D eigenvalue weighted by atomic mass is 10.1. The van der Waals surface area contributed by atoms with Crippen LogP contribution in [0, 0.1) is 6.92 Å². The quantitative estimate of drug-likeness (QED) is 0.459. The third kappa shape index (κ3) is 7.49. The highest BCUT2D eigenvalue weighted by molar-refractivity contribution is 5.81. The minimum Gasteiger partial charge on any atom is -0.493 e. The van der Waals surface area contributed by atoms with Crippen molar-refractivity contribution < 1.29 is 9.53 Å². The van der Waals surface area contributed by atoms with E-state index >= 15 is 0 Å². The number of ether oxygens (including phenoxy) is 1. The monoisotopic (exact) mass is 374 g/mol. The molecule has 6 nitrogen and oxygen atoms in total. The van der Waals surface area contributed by atoms with Crippen molar-refractivity contribution in [3.05, 3.63) is 29.3 Å². The number of amides is 1. The molecule has 2 rings (SSSR count). The van der Waals surface area contributed by atoms with E-state index in [0.29, 0.717) is 38.1 Å². The number of carbonyl (C=O) groups excluding carboxylic acids is 1. The molecule has 0 spiro atoms. The van der Waals surface area contributed by atoms with Crippen molar-refractivity contribution in [1.29, 1.82) is 0 Å². The van der Waals surface area contributed by atoms with Crippen molar-refractivity contribution in [2.75, 3.05) is 20.2 Å². The number of hydrogen-bond acceptors (Lipinski definition) is 3. The van der Waals surface area contributed by atoms with E-state index in [1.54, 1.807) is 7.05 Å². The third-order valence-corrected chi connectivity index (χ3v) is 4.72. The van der Waals surface area contributed by atoms with E-state index < -0.39 is 0 Å². The van der Waals surface area contributed by atoms with Crippen molar-refractivity contribution in [3.63, 3.8) is 0 Å². The Morgan fingerprint density at radius 3 is 2.74 bits per heavy atom. The molecule has 0 bridgehead atoms. The number of benzene rings is 1. The van der Waals surface area contributed by atoms with Crippen LogP contribution in [0.3, 0.4) is 0 Å². The van der Waals surface area contributed by atoms with Crippen molar-refractivity contribution in [1.82, 2.24) is 16.0 Å². The molecule has 0 radical (unpaired) electrons. The summed E-state index contributed by atoms with van der Waals surface area (Å²) in [7, 11) is 1.73. The van der Waals surface area contributed by atoms with Crippen LogP contribution in [0.2, 0.25) is 0 Å². The predicted molar refractivity (Wildman–Crippen MR) is 110 cm³/mol. The molecule has 1 aromatic carbocycles. The Morgan fingerprint density at radius 1 is 1.26 bits per heavy atom. The van der Waals surface area contributed by atoms with E-state index in [1.807, 2.05) is 0 Å². The van der Waals surface area contributed by atoms with Gasteiger partial charge >= 0.3 is 0 Å². The van der Waals surface area contributed by atoms with Crippen LogP contribution in [-0.4, -0.2) is 38.1 Å². The van der Waals surface area contributed by atoms with Gasteiger partial charge in [-0.1, -0.05) is 31.9 Å². The maximum atomic E-state index is 12.0. The zero-order valence-corrected chi connectivity index (χ0v) is 16.9. The van der Waals surface area contributed by atoms with Gasteiger partial charge in [-0.05, 0) is 37.8 Å². The normalized spacial score (nSPS) is 14.9. The zero-order valence-electron chi connectivity index (χ0n) is 16.9. The van der Waals surface area contributed by atoms with Gasteiger partial charge in [-0.25, -0.2) is 0 Å². The lowest BCUT2D eigenvalue weighted by Crippen LogP contribution is -2.40. The van der Waals surface area contributed by atoms with Gasteiger partial charge in [-0.15, -0.1) is 0 Å². The fourth-order valence-corrected chi connectivity index (χ4v) is 3.22. The SMILES string of the molecule is CCCOc1cc(C)ccc1CNC(=NC)NCCC(=O)NC1CCCC1. The Bertz CT molecular complexity index is 625. The summed E-state index contributed by atoms with van der Waals surface area (Å²) in [6, 6.07) is 6.60. The van der Waals surface area contributed by atoms with Gasteiger partial charge in [-0.3, -0.25) is 9.79 Å². The summed E-state index contributed by atoms with van der Waals surface area (Å²) >= 11 is 0. The van der Waals surface area contributed by atoms with Gasteiger partial charge in [0, 0.05) is 38.2 Å². The van der Waals surface area contributed by atoms with Crippen LogP contribution in [0.15, 0.2) is 23.2 Å². The highest BCUT2D eigenvalue weighted by atomic mass is 16.5. The van der Waals surface area contributed by atoms with Crippen molar-refractivity contribution in [2.24, 2.45) is 4.99 Å². The molecule has 0 saturated heterocycles. The van der Waals surface area contributed by atoms with Gasteiger partial charge in [0.05, 0.1) is 6.61 Å². The van der Waals surface area contributed by atoms with Crippen LogP contribution >= 0.6 is 0 Å². The Morgan fingerprint density at radius 2 is 2.04 bits per heavy atom. The molecular formula is C21H34N4O2. The number of carbonyl (C=O) groups is 1. The average Bonchev–Trinajstić information content (AvgIpc) is 3.16. The molecule has 0 atom stereocenters. The van der Waals surface area contributed by atoms with Crippen LogP contribution in [-0.2, 0) is 11.3 Å².